The largest absolute Gasteiger partial charge is 0.376 e. The number of fused-ring (bicyclic) bond motifs is 1. The summed E-state index contributed by atoms with van der Waals surface area (Å²) in [5.74, 6) is -0.116. The molecule has 2 heterocycles. The van der Waals surface area contributed by atoms with Crippen LogP contribution in [-0.4, -0.2) is 34.2 Å². The Morgan fingerprint density at radius 2 is 1.33 bits per heavy atom. The fraction of sp³-hybridized carbons (Fsp3) is 0.188. The number of rotatable bonds is 6. The first kappa shape index (κ1) is 24.9. The molecule has 1 saturated heterocycles. The average Bonchev–Trinajstić information content (AvgIpc) is 2.98. The monoisotopic (exact) mass is 522 g/mol. The summed E-state index contributed by atoms with van der Waals surface area (Å²) in [6.07, 6.45) is 3.44. The molecule has 1 aliphatic heterocycles. The third-order valence-electron chi connectivity index (χ3n) is 7.53. The zero-order valence-corrected chi connectivity index (χ0v) is 21.3. The topological polar surface area (TPSA) is 61.3 Å². The Hall–Kier alpha value is -4.36. The van der Waals surface area contributed by atoms with Gasteiger partial charge in [-0.1, -0.05) is 48.5 Å². The highest BCUT2D eigenvalue weighted by Gasteiger charge is 2.34. The molecule has 0 radical (unpaired) electrons. The lowest BCUT2D eigenvalue weighted by atomic mass is 9.80. The van der Waals surface area contributed by atoms with E-state index in [-0.39, 0.29) is 6.04 Å². The summed E-state index contributed by atoms with van der Waals surface area (Å²) >= 11 is 0. The Morgan fingerprint density at radius 1 is 0.744 bits per heavy atom. The molecule has 4 aromatic carbocycles. The van der Waals surface area contributed by atoms with Gasteiger partial charge in [-0.15, -0.1) is 0 Å². The zero-order valence-electron chi connectivity index (χ0n) is 21.3. The minimum atomic E-state index is -1.65. The number of aliphatic hydroxyl groups is 1. The highest BCUT2D eigenvalue weighted by atomic mass is 19.1. The number of hydrogen-bond acceptors (Lipinski definition) is 5. The SMILES string of the molecule is OC(c1ccc(F)cc1)(c1ccc(F)cc1)c1ccc2ncnc(NC3CCN(c4ccccc4)CC3)c2c1. The van der Waals surface area contributed by atoms with Crippen LogP contribution in [0.3, 0.4) is 0 Å². The van der Waals surface area contributed by atoms with Crippen LogP contribution in [-0.2, 0) is 5.60 Å². The third kappa shape index (κ3) is 4.93. The van der Waals surface area contributed by atoms with Crippen LogP contribution in [0, 0.1) is 11.6 Å². The van der Waals surface area contributed by atoms with Crippen molar-refractivity contribution in [2.24, 2.45) is 0 Å². The molecule has 0 aliphatic carbocycles. The molecule has 0 amide bonds. The molecule has 0 saturated carbocycles. The molecule has 0 atom stereocenters. The normalized spacial score (nSPS) is 14.5. The van der Waals surface area contributed by atoms with E-state index in [1.807, 2.05) is 18.2 Å². The molecule has 1 aromatic heterocycles. The maximum Gasteiger partial charge on any atom is 0.140 e. The molecule has 0 bridgehead atoms. The Balaban J connectivity index is 1.34. The standard InChI is InChI=1S/C32H28F2N4O/c33-25-11-6-22(7-12-25)32(39,23-8-13-26(34)14-9-23)24-10-15-30-29(20-24)31(36-21-35-30)37-27-16-18-38(19-17-27)28-4-2-1-3-5-28/h1-15,20-21,27,39H,16-19H2,(H,35,36,37). The minimum absolute atomic E-state index is 0.236. The van der Waals surface area contributed by atoms with Crippen molar-refractivity contribution in [3.05, 3.63) is 132 Å². The number of nitrogens with one attached hydrogen (secondary N) is 1. The van der Waals surface area contributed by atoms with E-state index in [0.717, 1.165) is 36.8 Å². The summed E-state index contributed by atoms with van der Waals surface area (Å²) in [6, 6.07) is 27.6. The lowest BCUT2D eigenvalue weighted by Crippen LogP contribution is -2.39. The van der Waals surface area contributed by atoms with Gasteiger partial charge in [-0.3, -0.25) is 0 Å². The fourth-order valence-electron chi connectivity index (χ4n) is 5.39. The Kier molecular flexibility index (Phi) is 6.67. The Morgan fingerprint density at radius 3 is 1.95 bits per heavy atom. The van der Waals surface area contributed by atoms with E-state index < -0.39 is 17.2 Å². The molecule has 1 aliphatic rings. The van der Waals surface area contributed by atoms with Gasteiger partial charge in [0.05, 0.1) is 5.52 Å². The van der Waals surface area contributed by atoms with E-state index in [4.69, 9.17) is 0 Å². The van der Waals surface area contributed by atoms with Gasteiger partial charge >= 0.3 is 0 Å². The number of benzene rings is 4. The van der Waals surface area contributed by atoms with E-state index in [2.05, 4.69) is 44.5 Å². The van der Waals surface area contributed by atoms with Gasteiger partial charge in [-0.25, -0.2) is 18.7 Å². The summed E-state index contributed by atoms with van der Waals surface area (Å²) in [7, 11) is 0. The van der Waals surface area contributed by atoms with Crippen LogP contribution in [0.25, 0.3) is 10.9 Å². The second kappa shape index (κ2) is 10.4. The second-order valence-corrected chi connectivity index (χ2v) is 9.92. The lowest BCUT2D eigenvalue weighted by molar-refractivity contribution is 0.125. The van der Waals surface area contributed by atoms with E-state index >= 15 is 0 Å². The molecule has 196 valence electrons. The number of halogens is 2. The van der Waals surface area contributed by atoms with Gasteiger partial charge < -0.3 is 15.3 Å². The summed E-state index contributed by atoms with van der Waals surface area (Å²) < 4.78 is 27.6. The first-order valence-corrected chi connectivity index (χ1v) is 13.1. The average molecular weight is 523 g/mol. The Bertz CT molecular complexity index is 1520. The van der Waals surface area contributed by atoms with Crippen molar-refractivity contribution in [3.8, 4) is 0 Å². The first-order chi connectivity index (χ1) is 19.0. The number of hydrogen-bond donors (Lipinski definition) is 2. The van der Waals surface area contributed by atoms with Crippen LogP contribution >= 0.6 is 0 Å². The van der Waals surface area contributed by atoms with Crippen molar-refractivity contribution in [2.75, 3.05) is 23.3 Å². The molecule has 5 aromatic rings. The van der Waals surface area contributed by atoms with E-state index in [1.165, 1.54) is 36.3 Å². The first-order valence-electron chi connectivity index (χ1n) is 13.1. The van der Waals surface area contributed by atoms with E-state index in [9.17, 15) is 13.9 Å². The van der Waals surface area contributed by atoms with Crippen LogP contribution in [0.1, 0.15) is 29.5 Å². The summed E-state index contributed by atoms with van der Waals surface area (Å²) in [4.78, 5) is 11.4. The van der Waals surface area contributed by atoms with Gasteiger partial charge in [0.1, 0.15) is 29.4 Å². The lowest BCUT2D eigenvalue weighted by Gasteiger charge is -2.34. The van der Waals surface area contributed by atoms with Gasteiger partial charge in [0, 0.05) is 30.2 Å². The maximum absolute atomic E-state index is 13.8. The van der Waals surface area contributed by atoms with E-state index in [0.29, 0.717) is 22.5 Å². The summed E-state index contributed by atoms with van der Waals surface area (Å²) in [5, 5.41) is 16.6. The van der Waals surface area contributed by atoms with Crippen molar-refractivity contribution in [1.82, 2.24) is 9.97 Å². The molecule has 1 fully saturated rings. The van der Waals surface area contributed by atoms with Crippen molar-refractivity contribution in [1.29, 1.82) is 0 Å². The smallest absolute Gasteiger partial charge is 0.140 e. The second-order valence-electron chi connectivity index (χ2n) is 9.92. The molecular weight excluding hydrogens is 494 g/mol. The number of aromatic nitrogens is 2. The molecule has 0 unspecified atom stereocenters. The van der Waals surface area contributed by atoms with Gasteiger partial charge in [0.2, 0.25) is 0 Å². The van der Waals surface area contributed by atoms with Gasteiger partial charge in [-0.2, -0.15) is 0 Å². The number of nitrogens with zero attached hydrogens (tertiary/aromatic N) is 3. The van der Waals surface area contributed by atoms with Crippen molar-refractivity contribution >= 4 is 22.4 Å². The highest BCUT2D eigenvalue weighted by molar-refractivity contribution is 5.90. The maximum atomic E-state index is 13.8. The van der Waals surface area contributed by atoms with Crippen molar-refractivity contribution in [2.45, 2.75) is 24.5 Å². The van der Waals surface area contributed by atoms with Gasteiger partial charge in [-0.05, 0) is 78.1 Å². The fourth-order valence-corrected chi connectivity index (χ4v) is 5.39. The molecule has 39 heavy (non-hydrogen) atoms. The molecule has 5 nitrogen and oxygen atoms in total. The minimum Gasteiger partial charge on any atom is -0.376 e. The molecule has 6 rings (SSSR count). The van der Waals surface area contributed by atoms with Crippen LogP contribution in [0.15, 0.2) is 103 Å². The summed E-state index contributed by atoms with van der Waals surface area (Å²) in [6.45, 7) is 1.87. The molecular formula is C32H28F2N4O. The summed E-state index contributed by atoms with van der Waals surface area (Å²) in [5.41, 5.74) is 1.80. The Labute approximate surface area is 225 Å². The number of piperidine rings is 1. The zero-order chi connectivity index (χ0) is 26.8. The van der Waals surface area contributed by atoms with Crippen molar-refractivity contribution in [3.63, 3.8) is 0 Å². The van der Waals surface area contributed by atoms with Crippen molar-refractivity contribution < 1.29 is 13.9 Å². The quantitative estimate of drug-likeness (QED) is 0.257. The van der Waals surface area contributed by atoms with E-state index in [1.54, 1.807) is 30.3 Å². The van der Waals surface area contributed by atoms with Crippen LogP contribution in [0.4, 0.5) is 20.3 Å². The molecule has 0 spiro atoms. The number of anilines is 2. The molecule has 2 N–H and O–H groups in total. The van der Waals surface area contributed by atoms with Crippen LogP contribution in [0.5, 0.6) is 0 Å². The third-order valence-corrected chi connectivity index (χ3v) is 7.53. The number of para-hydroxylation sites is 1. The predicted octanol–water partition coefficient (Wildman–Crippen LogP) is 6.27. The van der Waals surface area contributed by atoms with Crippen LogP contribution in [0.2, 0.25) is 0 Å². The van der Waals surface area contributed by atoms with Gasteiger partial charge in [0.15, 0.2) is 0 Å². The predicted molar refractivity (Wildman–Crippen MR) is 150 cm³/mol. The molecule has 7 heteroatoms. The van der Waals surface area contributed by atoms with Crippen LogP contribution < -0.4 is 10.2 Å². The van der Waals surface area contributed by atoms with Gasteiger partial charge in [0.25, 0.3) is 0 Å². The highest BCUT2D eigenvalue weighted by Crippen LogP contribution is 2.39.